The fraction of sp³-hybridized carbons (Fsp3) is 0.750. The van der Waals surface area contributed by atoms with Crippen LogP contribution in [0.2, 0.25) is 0 Å². The van der Waals surface area contributed by atoms with Crippen molar-refractivity contribution in [3.63, 3.8) is 0 Å². The average molecular weight is 303 g/mol. The van der Waals surface area contributed by atoms with E-state index in [0.717, 1.165) is 0 Å². The van der Waals surface area contributed by atoms with E-state index in [4.69, 9.17) is 4.74 Å². The fourth-order valence-corrected chi connectivity index (χ4v) is 4.07. The van der Waals surface area contributed by atoms with Crippen LogP contribution in [-0.2, 0) is 21.3 Å². The Bertz CT molecular complexity index is 569. The van der Waals surface area contributed by atoms with Crippen molar-refractivity contribution in [2.75, 3.05) is 7.11 Å². The van der Waals surface area contributed by atoms with Gasteiger partial charge in [-0.15, -0.1) is 0 Å². The topological polar surface area (TPSA) is 93.5 Å². The van der Waals surface area contributed by atoms with Gasteiger partial charge in [0, 0.05) is 13.7 Å². The highest BCUT2D eigenvalue weighted by Crippen LogP contribution is 2.24. The molecule has 0 aliphatic heterocycles. The summed E-state index contributed by atoms with van der Waals surface area (Å²) in [6, 6.07) is -0.519. The lowest BCUT2D eigenvalue weighted by Gasteiger charge is -2.19. The summed E-state index contributed by atoms with van der Waals surface area (Å²) in [5.74, 6) is 0. The van der Waals surface area contributed by atoms with Crippen molar-refractivity contribution in [3.8, 4) is 0 Å². The summed E-state index contributed by atoms with van der Waals surface area (Å²) in [7, 11) is -2.16. The molecule has 1 aromatic heterocycles. The minimum absolute atomic E-state index is 0.160. The third-order valence-corrected chi connectivity index (χ3v) is 5.40. The van der Waals surface area contributed by atoms with Gasteiger partial charge in [0.2, 0.25) is 10.0 Å². The van der Waals surface area contributed by atoms with Crippen LogP contribution in [0.1, 0.15) is 25.5 Å². The van der Waals surface area contributed by atoms with Gasteiger partial charge in [-0.3, -0.25) is 4.68 Å². The van der Waals surface area contributed by atoms with Crippen LogP contribution in [-0.4, -0.2) is 48.7 Å². The summed E-state index contributed by atoms with van der Waals surface area (Å²) >= 11 is 0. The van der Waals surface area contributed by atoms with Crippen LogP contribution in [0.3, 0.4) is 0 Å². The molecule has 1 fully saturated rings. The normalized spacial score (nSPS) is 27.1. The number of ether oxygens (including phenoxy) is 1. The first kappa shape index (κ1) is 15.4. The van der Waals surface area contributed by atoms with Gasteiger partial charge in [-0.1, -0.05) is 0 Å². The molecule has 0 radical (unpaired) electrons. The molecular weight excluding hydrogens is 282 g/mol. The number of nitrogens with one attached hydrogen (secondary N) is 1. The Morgan fingerprint density at radius 1 is 1.55 bits per heavy atom. The number of aromatic nitrogens is 2. The number of hydrogen-bond donors (Lipinski definition) is 2. The molecule has 1 aromatic rings. The maximum absolute atomic E-state index is 12.4. The maximum Gasteiger partial charge on any atom is 0.244 e. The van der Waals surface area contributed by atoms with Crippen molar-refractivity contribution in [3.05, 3.63) is 11.9 Å². The molecule has 20 heavy (non-hydrogen) atoms. The molecule has 1 heterocycles. The number of hydrogen-bond acceptors (Lipinski definition) is 5. The van der Waals surface area contributed by atoms with Gasteiger partial charge in [-0.05, 0) is 26.7 Å². The minimum atomic E-state index is -3.68. The molecule has 2 rings (SSSR count). The molecule has 1 aliphatic rings. The summed E-state index contributed by atoms with van der Waals surface area (Å²) < 4.78 is 34.0. The number of sulfonamides is 1. The molecule has 0 bridgehead atoms. The average Bonchev–Trinajstić information content (AvgIpc) is 2.94. The van der Waals surface area contributed by atoms with Gasteiger partial charge in [0.1, 0.15) is 4.90 Å². The Morgan fingerprint density at radius 3 is 2.75 bits per heavy atom. The standard InChI is InChI=1S/C12H21N3O4S/c1-4-15-8(2)11(7-13-15)20(17,18)14-9-5-6-10(19-3)12(9)16/h7,9-10,12,14,16H,4-6H2,1-3H3/t9-,10-,12-/m1/s1. The number of aryl methyl sites for hydroxylation is 1. The van der Waals surface area contributed by atoms with Gasteiger partial charge in [0.05, 0.1) is 30.1 Å². The highest BCUT2D eigenvalue weighted by Gasteiger charge is 2.38. The van der Waals surface area contributed by atoms with Crippen LogP contribution in [0.25, 0.3) is 0 Å². The molecule has 8 heteroatoms. The molecule has 0 saturated heterocycles. The van der Waals surface area contributed by atoms with Gasteiger partial charge >= 0.3 is 0 Å². The van der Waals surface area contributed by atoms with Crippen molar-refractivity contribution >= 4 is 10.0 Å². The van der Waals surface area contributed by atoms with Crippen LogP contribution in [0.5, 0.6) is 0 Å². The number of rotatable bonds is 5. The van der Waals surface area contributed by atoms with Crippen LogP contribution >= 0.6 is 0 Å². The maximum atomic E-state index is 12.4. The third-order valence-electron chi connectivity index (χ3n) is 3.81. The molecule has 1 aliphatic carbocycles. The van der Waals surface area contributed by atoms with E-state index in [1.165, 1.54) is 13.3 Å². The predicted octanol–water partition coefficient (Wildman–Crippen LogP) is 0.0280. The van der Waals surface area contributed by atoms with E-state index in [9.17, 15) is 13.5 Å². The third kappa shape index (κ3) is 2.73. The zero-order chi connectivity index (χ0) is 14.9. The molecule has 0 aromatic carbocycles. The summed E-state index contributed by atoms with van der Waals surface area (Å²) in [6.07, 6.45) is 1.40. The van der Waals surface area contributed by atoms with Crippen LogP contribution in [0.4, 0.5) is 0 Å². The van der Waals surface area contributed by atoms with E-state index in [2.05, 4.69) is 9.82 Å². The van der Waals surface area contributed by atoms with E-state index in [-0.39, 0.29) is 11.0 Å². The number of nitrogens with zero attached hydrogens (tertiary/aromatic N) is 2. The van der Waals surface area contributed by atoms with Crippen LogP contribution < -0.4 is 4.72 Å². The Kier molecular flexibility index (Phi) is 4.48. The van der Waals surface area contributed by atoms with Crippen LogP contribution in [0.15, 0.2) is 11.1 Å². The van der Waals surface area contributed by atoms with E-state index in [0.29, 0.717) is 25.1 Å². The first-order valence-corrected chi connectivity index (χ1v) is 8.14. The Labute approximate surface area is 119 Å². The summed E-state index contributed by atoms with van der Waals surface area (Å²) in [5, 5.41) is 14.0. The van der Waals surface area contributed by atoms with Gasteiger partial charge in [-0.25, -0.2) is 13.1 Å². The Balaban J connectivity index is 2.18. The first-order valence-electron chi connectivity index (χ1n) is 6.66. The Morgan fingerprint density at radius 2 is 2.25 bits per heavy atom. The fourth-order valence-electron chi connectivity index (χ4n) is 2.61. The van der Waals surface area contributed by atoms with Crippen molar-refractivity contribution in [1.82, 2.24) is 14.5 Å². The zero-order valence-electron chi connectivity index (χ0n) is 11.9. The number of methoxy groups -OCH3 is 1. The SMILES string of the molecule is CCn1ncc(S(=O)(=O)N[C@@H]2CC[C@@H](OC)[C@@H]2O)c1C. The molecule has 0 unspecified atom stereocenters. The highest BCUT2D eigenvalue weighted by atomic mass is 32.2. The Hall–Kier alpha value is -0.960. The smallest absolute Gasteiger partial charge is 0.244 e. The molecule has 3 atom stereocenters. The molecular formula is C12H21N3O4S. The molecule has 1 saturated carbocycles. The number of aliphatic hydroxyl groups excluding tert-OH is 1. The summed E-state index contributed by atoms with van der Waals surface area (Å²) in [6.45, 7) is 4.22. The van der Waals surface area contributed by atoms with Gasteiger partial charge < -0.3 is 9.84 Å². The van der Waals surface area contributed by atoms with Gasteiger partial charge in [-0.2, -0.15) is 5.10 Å². The summed E-state index contributed by atoms with van der Waals surface area (Å²) in [5.41, 5.74) is 0.593. The second-order valence-corrected chi connectivity index (χ2v) is 6.66. The summed E-state index contributed by atoms with van der Waals surface area (Å²) in [4.78, 5) is 0.160. The largest absolute Gasteiger partial charge is 0.389 e. The predicted molar refractivity (Wildman–Crippen MR) is 72.8 cm³/mol. The monoisotopic (exact) mass is 303 g/mol. The van der Waals surface area contributed by atoms with Gasteiger partial charge in [0.15, 0.2) is 0 Å². The lowest BCUT2D eigenvalue weighted by atomic mass is 10.2. The quantitative estimate of drug-likeness (QED) is 0.800. The molecule has 0 spiro atoms. The van der Waals surface area contributed by atoms with E-state index in [1.54, 1.807) is 11.6 Å². The first-order chi connectivity index (χ1) is 9.40. The van der Waals surface area contributed by atoms with Crippen molar-refractivity contribution in [1.29, 1.82) is 0 Å². The van der Waals surface area contributed by atoms with E-state index < -0.39 is 22.2 Å². The van der Waals surface area contributed by atoms with Gasteiger partial charge in [0.25, 0.3) is 0 Å². The van der Waals surface area contributed by atoms with Crippen LogP contribution in [0, 0.1) is 6.92 Å². The highest BCUT2D eigenvalue weighted by molar-refractivity contribution is 7.89. The molecule has 7 nitrogen and oxygen atoms in total. The minimum Gasteiger partial charge on any atom is -0.389 e. The zero-order valence-corrected chi connectivity index (χ0v) is 12.7. The molecule has 114 valence electrons. The second-order valence-electron chi connectivity index (χ2n) is 4.98. The van der Waals surface area contributed by atoms with Crippen molar-refractivity contribution < 1.29 is 18.3 Å². The van der Waals surface area contributed by atoms with E-state index >= 15 is 0 Å². The van der Waals surface area contributed by atoms with E-state index in [1.807, 2.05) is 6.92 Å². The molecule has 2 N–H and O–H groups in total. The lowest BCUT2D eigenvalue weighted by Crippen LogP contribution is -2.43. The molecule has 0 amide bonds. The lowest BCUT2D eigenvalue weighted by molar-refractivity contribution is 0.00246. The van der Waals surface area contributed by atoms with Crippen molar-refractivity contribution in [2.45, 2.75) is 56.4 Å². The van der Waals surface area contributed by atoms with Crippen molar-refractivity contribution in [2.24, 2.45) is 0 Å². The number of aliphatic hydroxyl groups is 1. The second kappa shape index (κ2) is 5.80.